The van der Waals surface area contributed by atoms with E-state index in [1.807, 2.05) is 24.4 Å². The van der Waals surface area contributed by atoms with Gasteiger partial charge >= 0.3 is 6.03 Å². The van der Waals surface area contributed by atoms with Crippen LogP contribution in [0, 0.1) is 6.92 Å². The summed E-state index contributed by atoms with van der Waals surface area (Å²) in [6.45, 7) is 2.11. The molecule has 0 bridgehead atoms. The molecule has 2 aromatic rings. The predicted octanol–water partition coefficient (Wildman–Crippen LogP) is 3.00. The van der Waals surface area contributed by atoms with Crippen LogP contribution in [-0.4, -0.2) is 21.8 Å². The number of aryl methyl sites for hydroxylation is 2. The number of benzene rings is 1. The van der Waals surface area contributed by atoms with Gasteiger partial charge in [0.25, 0.3) is 5.91 Å². The van der Waals surface area contributed by atoms with Crippen molar-refractivity contribution in [3.8, 4) is 0 Å². The van der Waals surface area contributed by atoms with E-state index in [2.05, 4.69) is 10.3 Å². The van der Waals surface area contributed by atoms with Gasteiger partial charge in [0.1, 0.15) is 10.5 Å². The van der Waals surface area contributed by atoms with Gasteiger partial charge in [-0.3, -0.25) is 9.69 Å². The van der Waals surface area contributed by atoms with Gasteiger partial charge in [0, 0.05) is 16.1 Å². The fraction of sp³-hybridized carbons (Fsp3) is 0.312. The molecule has 7 heteroatoms. The zero-order valence-electron chi connectivity index (χ0n) is 12.4. The molecule has 2 aliphatic rings. The van der Waals surface area contributed by atoms with Crippen LogP contribution in [0.2, 0.25) is 5.02 Å². The third-order valence-electron chi connectivity index (χ3n) is 4.43. The van der Waals surface area contributed by atoms with Gasteiger partial charge in [-0.25, -0.2) is 9.78 Å². The highest BCUT2D eigenvalue weighted by Crippen LogP contribution is 2.42. The molecular formula is C16H14ClN3O2S. The van der Waals surface area contributed by atoms with Crippen molar-refractivity contribution < 1.29 is 9.59 Å². The molecule has 23 heavy (non-hydrogen) atoms. The number of nitrogens with zero attached hydrogens (tertiary/aromatic N) is 2. The largest absolute Gasteiger partial charge is 0.325 e. The standard InChI is InChI=1S/C16H14ClN3O2S/c1-9-8-23-13(18-9)7-20-14(21)16(19-15(20)22)5-4-10-6-11(17)2-3-12(10)16/h2-3,6,8H,4-5,7H2,1H3,(H,19,22). The second-order valence-electron chi connectivity index (χ2n) is 5.91. The molecule has 1 unspecified atom stereocenters. The van der Waals surface area contributed by atoms with E-state index in [4.69, 9.17) is 11.6 Å². The topological polar surface area (TPSA) is 62.3 Å². The van der Waals surface area contributed by atoms with Crippen LogP contribution in [0.25, 0.3) is 0 Å². The molecule has 4 rings (SSSR count). The third kappa shape index (κ3) is 2.16. The molecule has 118 valence electrons. The quantitative estimate of drug-likeness (QED) is 0.849. The maximum Gasteiger partial charge on any atom is 0.325 e. The SMILES string of the molecule is Cc1csc(CN2C(=O)NC3(CCc4cc(Cl)ccc43)C2=O)n1. The van der Waals surface area contributed by atoms with Crippen LogP contribution in [-0.2, 0) is 23.3 Å². The molecule has 1 aliphatic carbocycles. The van der Waals surface area contributed by atoms with Gasteiger partial charge in [-0.1, -0.05) is 17.7 Å². The normalized spacial score (nSPS) is 22.8. The first-order valence-corrected chi connectivity index (χ1v) is 8.59. The molecule has 0 radical (unpaired) electrons. The van der Waals surface area contributed by atoms with Gasteiger partial charge in [0.15, 0.2) is 0 Å². The minimum absolute atomic E-state index is 0.198. The van der Waals surface area contributed by atoms with Crippen molar-refractivity contribution in [3.05, 3.63) is 50.4 Å². The smallest absolute Gasteiger partial charge is 0.319 e. The minimum Gasteiger partial charge on any atom is -0.319 e. The van der Waals surface area contributed by atoms with Crippen molar-refractivity contribution in [3.63, 3.8) is 0 Å². The molecule has 5 nitrogen and oxygen atoms in total. The maximum atomic E-state index is 13.0. The summed E-state index contributed by atoms with van der Waals surface area (Å²) in [4.78, 5) is 31.0. The number of hydrogen-bond donors (Lipinski definition) is 1. The Labute approximate surface area is 142 Å². The number of urea groups is 1. The number of amides is 3. The number of carbonyl (C=O) groups is 2. The molecule has 3 amide bonds. The molecule has 0 saturated carbocycles. The number of fused-ring (bicyclic) bond motifs is 2. The minimum atomic E-state index is -0.941. The third-order valence-corrected chi connectivity index (χ3v) is 5.62. The van der Waals surface area contributed by atoms with Gasteiger partial charge < -0.3 is 5.32 Å². The molecule has 1 aromatic carbocycles. The summed E-state index contributed by atoms with van der Waals surface area (Å²) in [5, 5.41) is 6.22. The second kappa shape index (κ2) is 5.04. The van der Waals surface area contributed by atoms with Crippen LogP contribution in [0.3, 0.4) is 0 Å². The van der Waals surface area contributed by atoms with Gasteiger partial charge in [-0.2, -0.15) is 0 Å². The van der Waals surface area contributed by atoms with Crippen molar-refractivity contribution in [2.24, 2.45) is 0 Å². The average Bonchev–Trinajstić information content (AvgIpc) is 3.14. The first kappa shape index (κ1) is 14.7. The zero-order valence-corrected chi connectivity index (χ0v) is 14.0. The summed E-state index contributed by atoms with van der Waals surface area (Å²) in [6, 6.07) is 5.13. The summed E-state index contributed by atoms with van der Waals surface area (Å²) < 4.78 is 0. The molecule has 2 heterocycles. The molecule has 1 spiro atoms. The lowest BCUT2D eigenvalue weighted by molar-refractivity contribution is -0.132. The summed E-state index contributed by atoms with van der Waals surface area (Å²) in [6.07, 6.45) is 1.30. The molecule has 1 aromatic heterocycles. The number of aromatic nitrogens is 1. The van der Waals surface area contributed by atoms with Gasteiger partial charge in [-0.15, -0.1) is 11.3 Å². The van der Waals surface area contributed by atoms with E-state index in [-0.39, 0.29) is 18.5 Å². The molecule has 1 saturated heterocycles. The van der Waals surface area contributed by atoms with Crippen molar-refractivity contribution in [1.29, 1.82) is 0 Å². The first-order valence-electron chi connectivity index (χ1n) is 7.34. The fourth-order valence-corrected chi connectivity index (χ4v) is 4.33. The van der Waals surface area contributed by atoms with Crippen LogP contribution in [0.15, 0.2) is 23.6 Å². The number of rotatable bonds is 2. The van der Waals surface area contributed by atoms with Gasteiger partial charge in [-0.05, 0) is 43.0 Å². The van der Waals surface area contributed by atoms with Crippen molar-refractivity contribution >= 4 is 34.9 Å². The van der Waals surface area contributed by atoms with Gasteiger partial charge in [0.05, 0.1) is 6.54 Å². The average molecular weight is 348 g/mol. The van der Waals surface area contributed by atoms with E-state index in [1.54, 1.807) is 6.07 Å². The Hall–Kier alpha value is -1.92. The second-order valence-corrected chi connectivity index (χ2v) is 7.29. The lowest BCUT2D eigenvalue weighted by Crippen LogP contribution is -2.41. The Morgan fingerprint density at radius 2 is 2.26 bits per heavy atom. The number of carbonyl (C=O) groups excluding carboxylic acids is 2. The van der Waals surface area contributed by atoms with E-state index in [9.17, 15) is 9.59 Å². The van der Waals surface area contributed by atoms with Crippen molar-refractivity contribution in [1.82, 2.24) is 15.2 Å². The maximum absolute atomic E-state index is 13.0. The summed E-state index contributed by atoms with van der Waals surface area (Å²) >= 11 is 7.49. The Morgan fingerprint density at radius 1 is 1.43 bits per heavy atom. The van der Waals surface area contributed by atoms with Crippen LogP contribution < -0.4 is 5.32 Å². The Kier molecular flexibility index (Phi) is 3.21. The van der Waals surface area contributed by atoms with E-state index in [1.165, 1.54) is 16.2 Å². The molecule has 1 N–H and O–H groups in total. The number of halogens is 1. The number of thiazole rings is 1. The van der Waals surface area contributed by atoms with E-state index in [0.717, 1.165) is 28.2 Å². The Bertz CT molecular complexity index is 834. The Morgan fingerprint density at radius 3 is 3.00 bits per heavy atom. The number of imide groups is 1. The van der Waals surface area contributed by atoms with E-state index < -0.39 is 5.54 Å². The monoisotopic (exact) mass is 347 g/mol. The number of hydrogen-bond acceptors (Lipinski definition) is 4. The number of nitrogens with one attached hydrogen (secondary N) is 1. The van der Waals surface area contributed by atoms with E-state index in [0.29, 0.717) is 11.4 Å². The highest BCUT2D eigenvalue weighted by atomic mass is 35.5. The summed E-state index contributed by atoms with van der Waals surface area (Å²) in [7, 11) is 0. The van der Waals surface area contributed by atoms with Crippen molar-refractivity contribution in [2.75, 3.05) is 0 Å². The summed E-state index contributed by atoms with van der Waals surface area (Å²) in [5.74, 6) is -0.198. The molecule has 1 atom stereocenters. The summed E-state index contributed by atoms with van der Waals surface area (Å²) in [5.41, 5.74) is 1.84. The predicted molar refractivity (Wildman–Crippen MR) is 87.4 cm³/mol. The molecular weight excluding hydrogens is 334 g/mol. The first-order chi connectivity index (χ1) is 11.0. The highest BCUT2D eigenvalue weighted by Gasteiger charge is 2.55. The van der Waals surface area contributed by atoms with Crippen LogP contribution >= 0.6 is 22.9 Å². The zero-order chi connectivity index (χ0) is 16.2. The van der Waals surface area contributed by atoms with Crippen LogP contribution in [0.1, 0.15) is 28.2 Å². The van der Waals surface area contributed by atoms with Crippen LogP contribution in [0.5, 0.6) is 0 Å². The molecule has 1 aliphatic heterocycles. The lowest BCUT2D eigenvalue weighted by atomic mass is 9.92. The lowest BCUT2D eigenvalue weighted by Gasteiger charge is -2.22. The fourth-order valence-electron chi connectivity index (χ4n) is 3.37. The molecule has 1 fully saturated rings. The van der Waals surface area contributed by atoms with Gasteiger partial charge in [0.2, 0.25) is 0 Å². The van der Waals surface area contributed by atoms with Crippen LogP contribution in [0.4, 0.5) is 4.79 Å². The Balaban J connectivity index is 1.68. The van der Waals surface area contributed by atoms with Crippen molar-refractivity contribution in [2.45, 2.75) is 31.8 Å². The highest BCUT2D eigenvalue weighted by molar-refractivity contribution is 7.09. The van der Waals surface area contributed by atoms with E-state index >= 15 is 0 Å².